The highest BCUT2D eigenvalue weighted by Crippen LogP contribution is 1.88. The molecule has 0 aromatic heterocycles. The van der Waals surface area contributed by atoms with Gasteiger partial charge in [-0.25, -0.2) is 0 Å². The molecule has 0 aromatic rings. The highest BCUT2D eigenvalue weighted by Gasteiger charge is 2.12. The second kappa shape index (κ2) is 3.45. The van der Waals surface area contributed by atoms with Crippen LogP contribution in [0.25, 0.3) is 0 Å². The second-order valence-corrected chi connectivity index (χ2v) is 1.94. The average molecular weight is 150 g/mol. The van der Waals surface area contributed by atoms with Crippen molar-refractivity contribution in [2.45, 2.75) is 6.92 Å². The van der Waals surface area contributed by atoms with E-state index < -0.39 is 11.1 Å². The van der Waals surface area contributed by atoms with Gasteiger partial charge in [-0.2, -0.15) is 0 Å². The number of carbonyl (C=O) groups excluding carboxylic acids is 2. The molecule has 1 amide bonds. The fourth-order valence-electron chi connectivity index (χ4n) is 0.294. The Morgan fingerprint density at radius 3 is 2.11 bits per heavy atom. The van der Waals surface area contributed by atoms with Crippen LogP contribution in [-0.2, 0) is 9.59 Å². The highest BCUT2D eigenvalue weighted by molar-refractivity contribution is 6.80. The lowest BCUT2D eigenvalue weighted by Gasteiger charge is -2.09. The van der Waals surface area contributed by atoms with Gasteiger partial charge in [0.2, 0.25) is 0 Å². The van der Waals surface area contributed by atoms with Gasteiger partial charge in [0.05, 0.1) is 0 Å². The van der Waals surface area contributed by atoms with E-state index in [1.54, 1.807) is 6.92 Å². The third kappa shape index (κ3) is 2.46. The molecule has 0 atom stereocenters. The van der Waals surface area contributed by atoms with E-state index in [0.717, 1.165) is 0 Å². The number of likely N-dealkylation sites (N-methyl/N-ethyl adjacent to an activating group) is 1. The number of amides is 1. The zero-order valence-corrected chi connectivity index (χ0v) is 6.10. The van der Waals surface area contributed by atoms with Crippen molar-refractivity contribution in [1.82, 2.24) is 4.90 Å². The molecule has 0 radical (unpaired) electrons. The van der Waals surface area contributed by atoms with Gasteiger partial charge in [0.25, 0.3) is 0 Å². The molecule has 0 aliphatic rings. The Labute approximate surface area is 58.6 Å². The van der Waals surface area contributed by atoms with Gasteiger partial charge in [-0.3, -0.25) is 9.59 Å². The van der Waals surface area contributed by atoms with Crippen LogP contribution in [0.4, 0.5) is 0 Å². The fraction of sp³-hybridized carbons (Fsp3) is 0.600. The van der Waals surface area contributed by atoms with Crippen LogP contribution in [0.5, 0.6) is 0 Å². The van der Waals surface area contributed by atoms with Crippen LogP contribution in [0.3, 0.4) is 0 Å². The molecule has 3 nitrogen and oxygen atoms in total. The summed E-state index contributed by atoms with van der Waals surface area (Å²) in [7, 11) is 1.52. The van der Waals surface area contributed by atoms with Crippen LogP contribution >= 0.6 is 11.6 Å². The lowest BCUT2D eigenvalue weighted by Crippen LogP contribution is -2.30. The van der Waals surface area contributed by atoms with E-state index >= 15 is 0 Å². The summed E-state index contributed by atoms with van der Waals surface area (Å²) in [6.45, 7) is 2.26. The summed E-state index contributed by atoms with van der Waals surface area (Å²) < 4.78 is 0. The van der Waals surface area contributed by atoms with Gasteiger partial charge in [0, 0.05) is 13.6 Å². The quantitative estimate of drug-likeness (QED) is 0.417. The first-order valence-corrected chi connectivity index (χ1v) is 2.92. The number of hydrogen-bond acceptors (Lipinski definition) is 2. The Morgan fingerprint density at radius 2 is 2.00 bits per heavy atom. The number of carbonyl (C=O) groups is 2. The van der Waals surface area contributed by atoms with Gasteiger partial charge in [-0.05, 0) is 18.5 Å². The number of hydrogen-bond donors (Lipinski definition) is 0. The molecule has 52 valence electrons. The molecule has 0 unspecified atom stereocenters. The summed E-state index contributed by atoms with van der Waals surface area (Å²) in [6.07, 6.45) is 0. The Morgan fingerprint density at radius 1 is 1.56 bits per heavy atom. The first-order chi connectivity index (χ1) is 4.09. The molecule has 0 aromatic carbocycles. The SMILES string of the molecule is CCN(C)C(=O)C(=O)Cl. The fourth-order valence-corrected chi connectivity index (χ4v) is 0.438. The van der Waals surface area contributed by atoms with Gasteiger partial charge < -0.3 is 4.90 Å². The van der Waals surface area contributed by atoms with Gasteiger partial charge in [0.1, 0.15) is 0 Å². The first-order valence-electron chi connectivity index (χ1n) is 2.54. The van der Waals surface area contributed by atoms with E-state index in [1.165, 1.54) is 11.9 Å². The van der Waals surface area contributed by atoms with E-state index in [9.17, 15) is 9.59 Å². The standard InChI is InChI=1S/C5H8ClNO2/c1-3-7(2)5(9)4(6)8/h3H2,1-2H3. The summed E-state index contributed by atoms with van der Waals surface area (Å²) >= 11 is 4.87. The van der Waals surface area contributed by atoms with E-state index in [-0.39, 0.29) is 0 Å². The number of halogens is 1. The van der Waals surface area contributed by atoms with Gasteiger partial charge in [-0.1, -0.05) is 0 Å². The Balaban J connectivity index is 3.88. The molecule has 0 fully saturated rings. The zero-order valence-electron chi connectivity index (χ0n) is 5.35. The van der Waals surface area contributed by atoms with Gasteiger partial charge in [0.15, 0.2) is 0 Å². The monoisotopic (exact) mass is 149 g/mol. The van der Waals surface area contributed by atoms with Gasteiger partial charge in [-0.15, -0.1) is 0 Å². The minimum Gasteiger partial charge on any atom is -0.338 e. The lowest BCUT2D eigenvalue weighted by atomic mass is 10.5. The molecule has 0 aliphatic carbocycles. The average Bonchev–Trinajstić information content (AvgIpc) is 1.84. The third-order valence-corrected chi connectivity index (χ3v) is 1.15. The summed E-state index contributed by atoms with van der Waals surface area (Å²) in [4.78, 5) is 21.9. The molecule has 0 aliphatic heterocycles. The van der Waals surface area contributed by atoms with Crippen LogP contribution in [0.1, 0.15) is 6.92 Å². The molecule has 0 spiro atoms. The molecule has 0 bridgehead atoms. The van der Waals surface area contributed by atoms with Crippen LogP contribution in [0.15, 0.2) is 0 Å². The molecular weight excluding hydrogens is 142 g/mol. The van der Waals surface area contributed by atoms with E-state index in [1.807, 2.05) is 0 Å². The number of rotatable bonds is 2. The maximum Gasteiger partial charge on any atom is 0.310 e. The maximum atomic E-state index is 10.5. The molecule has 0 rings (SSSR count). The maximum absolute atomic E-state index is 10.5. The van der Waals surface area contributed by atoms with Crippen molar-refractivity contribution >= 4 is 22.8 Å². The third-order valence-electron chi connectivity index (χ3n) is 0.989. The Bertz CT molecular complexity index is 135. The Hall–Kier alpha value is -0.570. The van der Waals surface area contributed by atoms with Crippen molar-refractivity contribution in [2.75, 3.05) is 13.6 Å². The van der Waals surface area contributed by atoms with Crippen molar-refractivity contribution in [3.05, 3.63) is 0 Å². The van der Waals surface area contributed by atoms with Crippen molar-refractivity contribution in [2.24, 2.45) is 0 Å². The van der Waals surface area contributed by atoms with Crippen LogP contribution in [0, 0.1) is 0 Å². The Kier molecular flexibility index (Phi) is 3.24. The minimum absolute atomic E-state index is 0.497. The number of nitrogens with zero attached hydrogens (tertiary/aromatic N) is 1. The predicted octanol–water partition coefficient (Wildman–Crippen LogP) is 0.230. The summed E-state index contributed by atoms with van der Waals surface area (Å²) in [5.41, 5.74) is 0. The molecule has 0 saturated carbocycles. The lowest BCUT2D eigenvalue weighted by molar-refractivity contribution is -0.139. The molecule has 4 heteroatoms. The normalized spacial score (nSPS) is 8.78. The molecule has 0 saturated heterocycles. The van der Waals surface area contributed by atoms with Crippen molar-refractivity contribution in [1.29, 1.82) is 0 Å². The van der Waals surface area contributed by atoms with Crippen LogP contribution < -0.4 is 0 Å². The van der Waals surface area contributed by atoms with E-state index in [0.29, 0.717) is 6.54 Å². The second-order valence-electron chi connectivity index (χ2n) is 1.59. The molecule has 9 heavy (non-hydrogen) atoms. The van der Waals surface area contributed by atoms with Crippen molar-refractivity contribution < 1.29 is 9.59 Å². The molecule has 0 N–H and O–H groups in total. The summed E-state index contributed by atoms with van der Waals surface area (Å²) in [6, 6.07) is 0. The molecular formula is C5H8ClNO2. The smallest absolute Gasteiger partial charge is 0.310 e. The summed E-state index contributed by atoms with van der Waals surface area (Å²) in [5, 5.41) is -0.931. The topological polar surface area (TPSA) is 37.4 Å². The first kappa shape index (κ1) is 8.43. The van der Waals surface area contributed by atoms with Gasteiger partial charge >= 0.3 is 11.1 Å². The van der Waals surface area contributed by atoms with Crippen LogP contribution in [-0.4, -0.2) is 29.6 Å². The minimum atomic E-state index is -0.931. The van der Waals surface area contributed by atoms with E-state index in [2.05, 4.69) is 0 Å². The zero-order chi connectivity index (χ0) is 7.44. The highest BCUT2D eigenvalue weighted by atomic mass is 35.5. The van der Waals surface area contributed by atoms with Crippen molar-refractivity contribution in [3.8, 4) is 0 Å². The molecule has 0 heterocycles. The van der Waals surface area contributed by atoms with Crippen molar-refractivity contribution in [3.63, 3.8) is 0 Å². The van der Waals surface area contributed by atoms with Crippen LogP contribution in [0.2, 0.25) is 0 Å². The largest absolute Gasteiger partial charge is 0.338 e. The van der Waals surface area contributed by atoms with E-state index in [4.69, 9.17) is 11.6 Å². The predicted molar refractivity (Wildman–Crippen MR) is 34.2 cm³/mol. The summed E-state index contributed by atoms with van der Waals surface area (Å²) in [5.74, 6) is -0.654.